The van der Waals surface area contributed by atoms with Crippen molar-refractivity contribution in [2.24, 2.45) is 0 Å². The van der Waals surface area contributed by atoms with E-state index in [2.05, 4.69) is 32.4 Å². The Morgan fingerprint density at radius 1 is 1.23 bits per heavy atom. The second kappa shape index (κ2) is 29.7. The van der Waals surface area contributed by atoms with E-state index >= 15 is 0 Å². The number of halogens is 1. The van der Waals surface area contributed by atoms with Crippen LogP contribution in [0.2, 0.25) is 0 Å². The van der Waals surface area contributed by atoms with Gasteiger partial charge in [0.25, 0.3) is 0 Å². The summed E-state index contributed by atoms with van der Waals surface area (Å²) in [5.41, 5.74) is 0. The molecule has 0 saturated carbocycles. The molecule has 0 nitrogen and oxygen atoms in total. The zero-order valence-corrected chi connectivity index (χ0v) is 12.3. The predicted molar refractivity (Wildman–Crippen MR) is 61.5 cm³/mol. The van der Waals surface area contributed by atoms with E-state index in [1.807, 2.05) is 17.5 Å². The molecule has 1 aromatic heterocycles. The van der Waals surface area contributed by atoms with Crippen LogP contribution in [-0.2, 0) is 19.5 Å². The molecule has 0 saturated heterocycles. The average molecular weight is 267 g/mol. The van der Waals surface area contributed by atoms with Gasteiger partial charge in [0, 0.05) is 19.5 Å². The van der Waals surface area contributed by atoms with Crippen molar-refractivity contribution in [3.63, 3.8) is 0 Å². The minimum Gasteiger partial charge on any atom is -0.304 e. The molecule has 3 heteroatoms. The first kappa shape index (κ1) is 23.0. The van der Waals surface area contributed by atoms with Gasteiger partial charge in [-0.25, -0.2) is 45.2 Å². The second-order valence-corrected chi connectivity index (χ2v) is 2.05. The number of allylic oxidation sites excluding steroid dienone is 2. The van der Waals surface area contributed by atoms with Crippen LogP contribution in [0.3, 0.4) is 0 Å². The molecule has 0 spiro atoms. The normalized spacial score (nSPS) is 4.92. The van der Waals surface area contributed by atoms with E-state index in [0.717, 1.165) is 0 Å². The van der Waals surface area contributed by atoms with Crippen LogP contribution in [0.25, 0.3) is 0 Å². The van der Waals surface area contributed by atoms with Crippen LogP contribution >= 0.6 is 23.7 Å². The maximum absolute atomic E-state index is 3.25. The molecule has 0 atom stereocenters. The van der Waals surface area contributed by atoms with Gasteiger partial charge >= 0.3 is 0 Å². The third-order valence-electron chi connectivity index (χ3n) is 0.379. The fourth-order valence-electron chi connectivity index (χ4n) is 0.196. The molecule has 0 bridgehead atoms. The first-order valence-corrected chi connectivity index (χ1v) is 3.91. The third-order valence-corrected chi connectivity index (χ3v) is 0.944. The molecule has 0 aliphatic rings. The van der Waals surface area contributed by atoms with Crippen molar-refractivity contribution in [3.8, 4) is 0 Å². The molecule has 1 aromatic rings. The molecule has 0 N–H and O–H groups in total. The van der Waals surface area contributed by atoms with Crippen molar-refractivity contribution in [1.82, 2.24) is 0 Å². The van der Waals surface area contributed by atoms with Gasteiger partial charge in [0.2, 0.25) is 0 Å². The Hall–Kier alpha value is -0.167. The summed E-state index contributed by atoms with van der Waals surface area (Å²) >= 11 is 1.59. The van der Waals surface area contributed by atoms with Crippen molar-refractivity contribution >= 4 is 23.7 Å². The Kier molecular flexibility index (Phi) is 52.7. The second-order valence-electron chi connectivity index (χ2n) is 1.31. The number of thiophene rings is 1. The Morgan fingerprint density at radius 3 is 1.69 bits per heavy atom. The van der Waals surface area contributed by atoms with Gasteiger partial charge in [-0.3, -0.25) is 0 Å². The molecule has 0 aliphatic heterocycles. The number of rotatable bonds is 0. The molecule has 72 valence electrons. The fourth-order valence-corrected chi connectivity index (χ4v) is 0.589. The van der Waals surface area contributed by atoms with Crippen molar-refractivity contribution in [3.05, 3.63) is 62.1 Å². The van der Waals surface area contributed by atoms with Crippen molar-refractivity contribution in [2.75, 3.05) is 0 Å². The molecule has 1 heterocycles. The predicted octanol–water partition coefficient (Wildman–Crippen LogP) is 3.98. The van der Waals surface area contributed by atoms with Gasteiger partial charge in [-0.15, -0.1) is 17.8 Å². The number of hydrogen-bond acceptors (Lipinski definition) is 1. The van der Waals surface area contributed by atoms with Crippen molar-refractivity contribution < 1.29 is 19.5 Å². The Labute approximate surface area is 105 Å². The number of hydrogen-bond donors (Lipinski definition) is 0. The fraction of sp³-hybridized carbons (Fsp3) is 0. The van der Waals surface area contributed by atoms with E-state index in [1.54, 1.807) is 11.3 Å². The molecule has 13 heavy (non-hydrogen) atoms. The van der Waals surface area contributed by atoms with E-state index < -0.39 is 0 Å². The van der Waals surface area contributed by atoms with Gasteiger partial charge in [-0.2, -0.15) is 11.4 Å². The monoisotopic (exact) mass is 265 g/mol. The average Bonchev–Trinajstić information content (AvgIpc) is 2.44. The van der Waals surface area contributed by atoms with E-state index in [-0.39, 0.29) is 31.9 Å². The largest absolute Gasteiger partial charge is 0.304 e. The maximum Gasteiger partial charge on any atom is 0 e. The van der Waals surface area contributed by atoms with Crippen LogP contribution in [0, 0.1) is 19.2 Å². The minimum absolute atomic E-state index is 0. The third kappa shape index (κ3) is 49.0. The summed E-state index contributed by atoms with van der Waals surface area (Å²) in [5.74, 6) is 0. The summed E-state index contributed by atoms with van der Waals surface area (Å²) in [5, 5.41) is 4.89. The van der Waals surface area contributed by atoms with Crippen LogP contribution in [0.4, 0.5) is 0 Å². The van der Waals surface area contributed by atoms with Crippen LogP contribution < -0.4 is 0 Å². The van der Waals surface area contributed by atoms with Gasteiger partial charge in [0.15, 0.2) is 0 Å². The standard InChI is InChI=1S/C4H3S.2C3H5.ClH.Zn/c1-2-4-5-3-1;2*1-3-2;;/h1-3H;2*3H,1-2H2;1H;/q3*-1;;. The van der Waals surface area contributed by atoms with E-state index in [9.17, 15) is 0 Å². The van der Waals surface area contributed by atoms with Crippen LogP contribution in [-0.4, -0.2) is 0 Å². The zero-order chi connectivity index (χ0) is 8.95. The Morgan fingerprint density at radius 2 is 1.62 bits per heavy atom. The van der Waals surface area contributed by atoms with E-state index in [0.29, 0.717) is 0 Å². The zero-order valence-electron chi connectivity index (χ0n) is 7.74. The molecule has 0 unspecified atom stereocenters. The summed E-state index contributed by atoms with van der Waals surface area (Å²) < 4.78 is 0. The SMILES string of the molecule is C=C[CH2-].C=C[CH2-].Cl.[Zn].[c-]1cccs1. The molecule has 0 fully saturated rings. The topological polar surface area (TPSA) is 0 Å². The van der Waals surface area contributed by atoms with E-state index in [1.165, 1.54) is 12.2 Å². The molecule has 1 rings (SSSR count). The molecule has 0 amide bonds. The Balaban J connectivity index is -0.0000000461. The smallest absolute Gasteiger partial charge is 0 e. The molecular formula is C10H14ClSZn-3. The molecule has 0 aliphatic carbocycles. The van der Waals surface area contributed by atoms with Gasteiger partial charge in [-0.05, 0) is 0 Å². The van der Waals surface area contributed by atoms with E-state index in [4.69, 9.17) is 0 Å². The van der Waals surface area contributed by atoms with Gasteiger partial charge in [0.1, 0.15) is 0 Å². The molecule has 0 aromatic carbocycles. The van der Waals surface area contributed by atoms with Crippen molar-refractivity contribution in [2.45, 2.75) is 0 Å². The summed E-state index contributed by atoms with van der Waals surface area (Å²) in [6.07, 6.45) is 3.00. The van der Waals surface area contributed by atoms with Crippen LogP contribution in [0.5, 0.6) is 0 Å². The van der Waals surface area contributed by atoms with Gasteiger partial charge in [0.05, 0.1) is 0 Å². The Bertz CT molecular complexity index is 127. The maximum atomic E-state index is 3.25. The summed E-state index contributed by atoms with van der Waals surface area (Å²) in [6.45, 7) is 13.0. The van der Waals surface area contributed by atoms with Gasteiger partial charge in [-0.1, -0.05) is 0 Å². The minimum atomic E-state index is 0. The summed E-state index contributed by atoms with van der Waals surface area (Å²) in [6, 6.07) is 3.86. The molecule has 0 radical (unpaired) electrons. The summed E-state index contributed by atoms with van der Waals surface area (Å²) in [4.78, 5) is 0. The van der Waals surface area contributed by atoms with Crippen LogP contribution in [0.1, 0.15) is 0 Å². The first-order chi connectivity index (χ1) is 5.33. The summed E-state index contributed by atoms with van der Waals surface area (Å²) in [7, 11) is 0. The molecular weight excluding hydrogens is 253 g/mol. The quantitative estimate of drug-likeness (QED) is 0.492. The first-order valence-electron chi connectivity index (χ1n) is 3.03. The van der Waals surface area contributed by atoms with Gasteiger partial charge < -0.3 is 11.3 Å². The van der Waals surface area contributed by atoms with Crippen LogP contribution in [0.15, 0.2) is 42.8 Å². The van der Waals surface area contributed by atoms with Crippen molar-refractivity contribution in [1.29, 1.82) is 0 Å².